The Kier molecular flexibility index (Phi) is 1.51. The van der Waals surface area contributed by atoms with Gasteiger partial charge in [0.25, 0.3) is 0 Å². The Labute approximate surface area is 49.6 Å². The standard InChI is InChI=1S/C6H11NO/c1-5-3-6(8-2)7-4-5/h5H,3-4H2,1-2H3. The van der Waals surface area contributed by atoms with E-state index in [1.165, 1.54) is 0 Å². The molecule has 0 amide bonds. The molecule has 1 atom stereocenters. The summed E-state index contributed by atoms with van der Waals surface area (Å²) in [6, 6.07) is 0. The highest BCUT2D eigenvalue weighted by Gasteiger charge is 2.12. The third-order valence-corrected chi connectivity index (χ3v) is 1.34. The summed E-state index contributed by atoms with van der Waals surface area (Å²) in [5.41, 5.74) is 0. The van der Waals surface area contributed by atoms with E-state index in [2.05, 4.69) is 11.9 Å². The first-order valence-corrected chi connectivity index (χ1v) is 2.90. The van der Waals surface area contributed by atoms with Crippen molar-refractivity contribution in [2.75, 3.05) is 13.7 Å². The summed E-state index contributed by atoms with van der Waals surface area (Å²) in [7, 11) is 1.68. The Bertz CT molecular complexity index is 109. The molecule has 2 heteroatoms. The molecule has 0 aromatic heterocycles. The van der Waals surface area contributed by atoms with E-state index in [1.54, 1.807) is 7.11 Å². The van der Waals surface area contributed by atoms with Gasteiger partial charge in [0.15, 0.2) is 5.90 Å². The molecule has 0 bridgehead atoms. The minimum atomic E-state index is 0.699. The van der Waals surface area contributed by atoms with Gasteiger partial charge in [-0.25, -0.2) is 0 Å². The predicted octanol–water partition coefficient (Wildman–Crippen LogP) is 1.07. The van der Waals surface area contributed by atoms with E-state index in [4.69, 9.17) is 4.74 Å². The normalized spacial score (nSPS) is 27.8. The Balaban J connectivity index is 2.37. The van der Waals surface area contributed by atoms with Gasteiger partial charge in [0.2, 0.25) is 0 Å². The average Bonchev–Trinajstić information content (AvgIpc) is 2.14. The quantitative estimate of drug-likeness (QED) is 0.460. The second kappa shape index (κ2) is 2.16. The molecule has 0 spiro atoms. The molecule has 0 radical (unpaired) electrons. The van der Waals surface area contributed by atoms with Crippen molar-refractivity contribution in [1.29, 1.82) is 0 Å². The Morgan fingerprint density at radius 2 is 2.50 bits per heavy atom. The van der Waals surface area contributed by atoms with E-state index < -0.39 is 0 Å². The first kappa shape index (κ1) is 5.60. The molecule has 0 aromatic rings. The van der Waals surface area contributed by atoms with Gasteiger partial charge in [0.05, 0.1) is 7.11 Å². The molecular weight excluding hydrogens is 102 g/mol. The zero-order valence-electron chi connectivity index (χ0n) is 5.35. The summed E-state index contributed by atoms with van der Waals surface area (Å²) in [5, 5.41) is 0. The van der Waals surface area contributed by atoms with Crippen LogP contribution in [0.1, 0.15) is 13.3 Å². The van der Waals surface area contributed by atoms with Crippen molar-refractivity contribution in [2.45, 2.75) is 13.3 Å². The molecule has 1 unspecified atom stereocenters. The molecule has 0 saturated carbocycles. The van der Waals surface area contributed by atoms with Crippen LogP contribution in [0, 0.1) is 5.92 Å². The van der Waals surface area contributed by atoms with Crippen LogP contribution in [0.15, 0.2) is 4.99 Å². The average molecular weight is 113 g/mol. The molecule has 0 fully saturated rings. The van der Waals surface area contributed by atoms with Crippen molar-refractivity contribution in [3.05, 3.63) is 0 Å². The lowest BCUT2D eigenvalue weighted by molar-refractivity contribution is 0.391. The van der Waals surface area contributed by atoms with Crippen LogP contribution in [0.3, 0.4) is 0 Å². The topological polar surface area (TPSA) is 21.6 Å². The first-order valence-electron chi connectivity index (χ1n) is 2.90. The second-order valence-electron chi connectivity index (χ2n) is 2.25. The minimum Gasteiger partial charge on any atom is -0.484 e. The van der Waals surface area contributed by atoms with Crippen molar-refractivity contribution < 1.29 is 4.74 Å². The highest BCUT2D eigenvalue weighted by atomic mass is 16.5. The van der Waals surface area contributed by atoms with E-state index in [-0.39, 0.29) is 0 Å². The van der Waals surface area contributed by atoms with E-state index in [0.29, 0.717) is 5.92 Å². The fraction of sp³-hybridized carbons (Fsp3) is 0.833. The Morgan fingerprint density at radius 1 is 1.75 bits per heavy atom. The monoisotopic (exact) mass is 113 g/mol. The fourth-order valence-corrected chi connectivity index (χ4v) is 0.833. The van der Waals surface area contributed by atoms with E-state index in [0.717, 1.165) is 18.9 Å². The summed E-state index contributed by atoms with van der Waals surface area (Å²) >= 11 is 0. The van der Waals surface area contributed by atoms with E-state index >= 15 is 0 Å². The van der Waals surface area contributed by atoms with Gasteiger partial charge >= 0.3 is 0 Å². The van der Waals surface area contributed by atoms with E-state index in [9.17, 15) is 0 Å². The molecule has 8 heavy (non-hydrogen) atoms. The highest BCUT2D eigenvalue weighted by Crippen LogP contribution is 2.11. The number of rotatable bonds is 0. The maximum absolute atomic E-state index is 4.93. The smallest absolute Gasteiger partial charge is 0.183 e. The molecule has 1 aliphatic heterocycles. The zero-order chi connectivity index (χ0) is 5.98. The highest BCUT2D eigenvalue weighted by molar-refractivity contribution is 5.77. The predicted molar refractivity (Wildman–Crippen MR) is 33.1 cm³/mol. The number of methoxy groups -OCH3 is 1. The van der Waals surface area contributed by atoms with Crippen LogP contribution in [0.25, 0.3) is 0 Å². The van der Waals surface area contributed by atoms with Gasteiger partial charge in [-0.1, -0.05) is 6.92 Å². The Morgan fingerprint density at radius 3 is 2.75 bits per heavy atom. The lowest BCUT2D eigenvalue weighted by Gasteiger charge is -1.96. The first-order chi connectivity index (χ1) is 3.83. The molecule has 1 rings (SSSR count). The van der Waals surface area contributed by atoms with Crippen LogP contribution in [-0.4, -0.2) is 19.6 Å². The van der Waals surface area contributed by atoms with Crippen LogP contribution < -0.4 is 0 Å². The second-order valence-corrected chi connectivity index (χ2v) is 2.25. The molecular formula is C6H11NO. The lowest BCUT2D eigenvalue weighted by atomic mass is 10.1. The number of hydrogen-bond donors (Lipinski definition) is 0. The molecule has 2 nitrogen and oxygen atoms in total. The molecule has 1 heterocycles. The molecule has 46 valence electrons. The summed E-state index contributed by atoms with van der Waals surface area (Å²) < 4.78 is 4.93. The number of hydrogen-bond acceptors (Lipinski definition) is 2. The summed E-state index contributed by atoms with van der Waals surface area (Å²) in [6.07, 6.45) is 1.02. The molecule has 0 aliphatic carbocycles. The van der Waals surface area contributed by atoms with Crippen molar-refractivity contribution in [1.82, 2.24) is 0 Å². The number of ether oxygens (including phenoxy) is 1. The van der Waals surface area contributed by atoms with Gasteiger partial charge in [-0.05, 0) is 5.92 Å². The minimum absolute atomic E-state index is 0.699. The largest absolute Gasteiger partial charge is 0.484 e. The van der Waals surface area contributed by atoms with Gasteiger partial charge < -0.3 is 4.74 Å². The maximum Gasteiger partial charge on any atom is 0.183 e. The number of aliphatic imine (C=N–C) groups is 1. The fourth-order valence-electron chi connectivity index (χ4n) is 0.833. The third-order valence-electron chi connectivity index (χ3n) is 1.34. The van der Waals surface area contributed by atoms with Crippen molar-refractivity contribution >= 4 is 5.90 Å². The van der Waals surface area contributed by atoms with Gasteiger partial charge in [0.1, 0.15) is 0 Å². The summed E-state index contributed by atoms with van der Waals surface area (Å²) in [5.74, 6) is 1.61. The van der Waals surface area contributed by atoms with Gasteiger partial charge in [-0.15, -0.1) is 0 Å². The Hall–Kier alpha value is -0.530. The van der Waals surface area contributed by atoms with Gasteiger partial charge in [-0.3, -0.25) is 4.99 Å². The molecule has 1 aliphatic rings. The van der Waals surface area contributed by atoms with Crippen LogP contribution in [-0.2, 0) is 4.74 Å². The summed E-state index contributed by atoms with van der Waals surface area (Å²) in [4.78, 5) is 4.13. The van der Waals surface area contributed by atoms with Gasteiger partial charge in [0, 0.05) is 13.0 Å². The summed E-state index contributed by atoms with van der Waals surface area (Å²) in [6.45, 7) is 3.12. The molecule has 0 N–H and O–H groups in total. The van der Waals surface area contributed by atoms with Crippen LogP contribution in [0.4, 0.5) is 0 Å². The van der Waals surface area contributed by atoms with E-state index in [1.807, 2.05) is 0 Å². The lowest BCUT2D eigenvalue weighted by Crippen LogP contribution is -1.98. The zero-order valence-corrected chi connectivity index (χ0v) is 5.35. The van der Waals surface area contributed by atoms with Crippen LogP contribution in [0.5, 0.6) is 0 Å². The van der Waals surface area contributed by atoms with Crippen LogP contribution in [0.2, 0.25) is 0 Å². The SMILES string of the molecule is COC1=NCC(C)C1. The van der Waals surface area contributed by atoms with Crippen molar-refractivity contribution in [3.8, 4) is 0 Å². The third kappa shape index (κ3) is 0.997. The van der Waals surface area contributed by atoms with Crippen molar-refractivity contribution in [2.24, 2.45) is 10.9 Å². The van der Waals surface area contributed by atoms with Crippen LogP contribution >= 0.6 is 0 Å². The molecule has 0 aromatic carbocycles. The number of nitrogens with zero attached hydrogens (tertiary/aromatic N) is 1. The maximum atomic E-state index is 4.93. The van der Waals surface area contributed by atoms with Gasteiger partial charge in [-0.2, -0.15) is 0 Å². The van der Waals surface area contributed by atoms with Crippen molar-refractivity contribution in [3.63, 3.8) is 0 Å². The molecule has 0 saturated heterocycles.